The maximum absolute atomic E-state index is 6.17. The predicted octanol–water partition coefficient (Wildman–Crippen LogP) is 3.80. The highest BCUT2D eigenvalue weighted by Gasteiger charge is 2.16. The fourth-order valence-corrected chi connectivity index (χ4v) is 1.52. The molecule has 1 N–H and O–H groups in total. The first-order valence-corrected chi connectivity index (χ1v) is 6.53. The number of rotatable bonds is 3. The third kappa shape index (κ3) is 5.69. The molecule has 0 unspecified atom stereocenters. The third-order valence-corrected chi connectivity index (χ3v) is 2.36. The van der Waals surface area contributed by atoms with Crippen molar-refractivity contribution in [2.45, 2.75) is 59.2 Å². The number of nitrogens with one attached hydrogen (secondary N) is 1. The van der Waals surface area contributed by atoms with E-state index >= 15 is 0 Å². The van der Waals surface area contributed by atoms with Crippen molar-refractivity contribution in [3.8, 4) is 5.88 Å². The van der Waals surface area contributed by atoms with Gasteiger partial charge in [0.25, 0.3) is 0 Å². The fraction of sp³-hybridized carbons (Fsp3) is 0.643. The van der Waals surface area contributed by atoms with Crippen LogP contribution < -0.4 is 10.1 Å². The number of hydrogen-bond acceptors (Lipinski definition) is 3. The Bertz CT molecular complexity index is 405. The summed E-state index contributed by atoms with van der Waals surface area (Å²) in [5, 5.41) is 3.95. The van der Waals surface area contributed by atoms with E-state index in [0.29, 0.717) is 10.9 Å². The van der Waals surface area contributed by atoms with Crippen molar-refractivity contribution in [1.82, 2.24) is 10.3 Å². The topological polar surface area (TPSA) is 34.2 Å². The first-order valence-electron chi connectivity index (χ1n) is 6.15. The van der Waals surface area contributed by atoms with Crippen molar-refractivity contribution in [2.24, 2.45) is 0 Å². The smallest absolute Gasteiger partial charge is 0.233 e. The van der Waals surface area contributed by atoms with Crippen LogP contribution >= 0.6 is 11.6 Å². The van der Waals surface area contributed by atoms with E-state index in [1.807, 2.05) is 26.8 Å². The molecule has 0 saturated carbocycles. The molecule has 0 aliphatic heterocycles. The molecule has 18 heavy (non-hydrogen) atoms. The largest absolute Gasteiger partial charge is 0.471 e. The van der Waals surface area contributed by atoms with Gasteiger partial charge in [0.2, 0.25) is 5.88 Å². The number of halogens is 1. The number of ether oxygens (including phenoxy) is 1. The van der Waals surface area contributed by atoms with Gasteiger partial charge in [0, 0.05) is 18.3 Å². The maximum atomic E-state index is 6.17. The molecule has 0 fully saturated rings. The van der Waals surface area contributed by atoms with Gasteiger partial charge in [-0.1, -0.05) is 11.6 Å². The van der Waals surface area contributed by atoms with E-state index in [1.165, 1.54) is 0 Å². The number of aromatic nitrogens is 1. The van der Waals surface area contributed by atoms with Gasteiger partial charge in [-0.3, -0.25) is 0 Å². The van der Waals surface area contributed by atoms with Crippen molar-refractivity contribution in [3.63, 3.8) is 0 Å². The van der Waals surface area contributed by atoms with Crippen LogP contribution in [0.4, 0.5) is 0 Å². The van der Waals surface area contributed by atoms with Crippen LogP contribution in [0.3, 0.4) is 0 Å². The van der Waals surface area contributed by atoms with Gasteiger partial charge >= 0.3 is 0 Å². The van der Waals surface area contributed by atoms with Crippen LogP contribution in [0, 0.1) is 0 Å². The van der Waals surface area contributed by atoms with E-state index in [-0.39, 0.29) is 11.1 Å². The molecule has 1 aromatic heterocycles. The quantitative estimate of drug-likeness (QED) is 0.907. The van der Waals surface area contributed by atoms with Crippen LogP contribution in [0.15, 0.2) is 12.3 Å². The highest BCUT2D eigenvalue weighted by atomic mass is 35.5. The van der Waals surface area contributed by atoms with Crippen molar-refractivity contribution in [2.75, 3.05) is 0 Å². The van der Waals surface area contributed by atoms with E-state index in [0.717, 1.165) is 12.1 Å². The molecule has 0 radical (unpaired) electrons. The Balaban J connectivity index is 2.74. The predicted molar refractivity (Wildman–Crippen MR) is 76.2 cm³/mol. The lowest BCUT2D eigenvalue weighted by Crippen LogP contribution is -2.35. The van der Waals surface area contributed by atoms with E-state index in [9.17, 15) is 0 Å². The minimum absolute atomic E-state index is 0.0764. The zero-order valence-corrected chi connectivity index (χ0v) is 12.9. The lowest BCUT2D eigenvalue weighted by Gasteiger charge is -2.22. The van der Waals surface area contributed by atoms with Gasteiger partial charge in [0.05, 0.1) is 0 Å². The zero-order chi connectivity index (χ0) is 14.0. The Labute approximate surface area is 115 Å². The average Bonchev–Trinajstić information content (AvgIpc) is 2.15. The molecule has 0 saturated heterocycles. The molecule has 3 nitrogen and oxygen atoms in total. The zero-order valence-electron chi connectivity index (χ0n) is 12.1. The summed E-state index contributed by atoms with van der Waals surface area (Å²) in [6.45, 7) is 13.0. The van der Waals surface area contributed by atoms with Crippen LogP contribution in [0.25, 0.3) is 0 Å². The van der Waals surface area contributed by atoms with Crippen molar-refractivity contribution >= 4 is 11.6 Å². The molecule has 0 aromatic carbocycles. The molecular weight excluding hydrogens is 248 g/mol. The van der Waals surface area contributed by atoms with Crippen molar-refractivity contribution < 1.29 is 4.74 Å². The van der Waals surface area contributed by atoms with Gasteiger partial charge in [-0.2, -0.15) is 0 Å². The van der Waals surface area contributed by atoms with Gasteiger partial charge in [-0.15, -0.1) is 0 Å². The normalized spacial score (nSPS) is 12.6. The Morgan fingerprint density at radius 3 is 2.28 bits per heavy atom. The summed E-state index contributed by atoms with van der Waals surface area (Å²) in [5.74, 6) is 0.490. The Morgan fingerprint density at radius 1 is 1.22 bits per heavy atom. The fourth-order valence-electron chi connectivity index (χ4n) is 1.29. The third-order valence-electron chi connectivity index (χ3n) is 2.09. The molecule has 0 bridgehead atoms. The van der Waals surface area contributed by atoms with Crippen LogP contribution in [0.5, 0.6) is 5.88 Å². The second-order valence-corrected chi connectivity index (χ2v) is 6.86. The van der Waals surface area contributed by atoms with Crippen LogP contribution in [-0.2, 0) is 6.54 Å². The Morgan fingerprint density at radius 2 is 1.83 bits per heavy atom. The minimum atomic E-state index is -0.290. The van der Waals surface area contributed by atoms with Crippen LogP contribution in [0.2, 0.25) is 5.02 Å². The molecule has 1 heterocycles. The Kier molecular flexibility index (Phi) is 4.62. The highest BCUT2D eigenvalue weighted by molar-refractivity contribution is 6.31. The molecule has 102 valence electrons. The summed E-state index contributed by atoms with van der Waals surface area (Å²) < 4.78 is 5.67. The number of hydrogen-bond donors (Lipinski definition) is 1. The van der Waals surface area contributed by atoms with Gasteiger partial charge in [-0.05, 0) is 53.2 Å². The average molecular weight is 271 g/mol. The summed E-state index contributed by atoms with van der Waals surface area (Å²) in [4.78, 5) is 4.27. The number of nitrogens with zero attached hydrogens (tertiary/aromatic N) is 1. The first-order chi connectivity index (χ1) is 8.07. The summed E-state index contributed by atoms with van der Waals surface area (Å²) in [5.41, 5.74) is 0.839. The SMILES string of the molecule is CC(C)(C)NCc1cnc(OC(C)(C)C)c(Cl)c1. The highest BCUT2D eigenvalue weighted by Crippen LogP contribution is 2.26. The van der Waals surface area contributed by atoms with Gasteiger partial charge in [-0.25, -0.2) is 4.98 Å². The first kappa shape index (κ1) is 15.3. The summed E-state index contributed by atoms with van der Waals surface area (Å²) >= 11 is 6.17. The van der Waals surface area contributed by atoms with Crippen LogP contribution in [-0.4, -0.2) is 16.1 Å². The van der Waals surface area contributed by atoms with E-state index < -0.39 is 0 Å². The molecule has 0 amide bonds. The lowest BCUT2D eigenvalue weighted by molar-refractivity contribution is 0.124. The van der Waals surface area contributed by atoms with Gasteiger partial charge < -0.3 is 10.1 Å². The second-order valence-electron chi connectivity index (χ2n) is 6.45. The minimum Gasteiger partial charge on any atom is -0.471 e. The monoisotopic (exact) mass is 270 g/mol. The molecule has 0 aliphatic rings. The standard InChI is InChI=1S/C14H23ClN2O/c1-13(2,3)17-9-10-7-11(15)12(16-8-10)18-14(4,5)6/h7-8,17H,9H2,1-6H3. The molecular formula is C14H23ClN2O. The lowest BCUT2D eigenvalue weighted by atomic mass is 10.1. The summed E-state index contributed by atoms with van der Waals surface area (Å²) in [6, 6.07) is 1.90. The Hall–Kier alpha value is -0.800. The van der Waals surface area contributed by atoms with E-state index in [2.05, 4.69) is 31.1 Å². The van der Waals surface area contributed by atoms with E-state index in [4.69, 9.17) is 16.3 Å². The molecule has 0 aliphatic carbocycles. The molecule has 0 spiro atoms. The second kappa shape index (κ2) is 5.45. The number of pyridine rings is 1. The molecule has 0 atom stereocenters. The van der Waals surface area contributed by atoms with Gasteiger partial charge in [0.15, 0.2) is 0 Å². The van der Waals surface area contributed by atoms with Crippen LogP contribution in [0.1, 0.15) is 47.1 Å². The molecule has 4 heteroatoms. The summed E-state index contributed by atoms with van der Waals surface area (Å²) in [6.07, 6.45) is 1.80. The van der Waals surface area contributed by atoms with Crippen molar-refractivity contribution in [3.05, 3.63) is 22.8 Å². The van der Waals surface area contributed by atoms with E-state index in [1.54, 1.807) is 6.20 Å². The summed E-state index contributed by atoms with van der Waals surface area (Å²) in [7, 11) is 0. The maximum Gasteiger partial charge on any atom is 0.233 e. The van der Waals surface area contributed by atoms with Crippen molar-refractivity contribution in [1.29, 1.82) is 0 Å². The molecule has 1 rings (SSSR count). The molecule has 1 aromatic rings. The van der Waals surface area contributed by atoms with Gasteiger partial charge in [0.1, 0.15) is 10.6 Å².